The van der Waals surface area contributed by atoms with Gasteiger partial charge in [0.05, 0.1) is 0 Å². The fraction of sp³-hybridized carbons (Fsp3) is 0.0476. The number of carbonyl (C=O) groups is 1. The van der Waals surface area contributed by atoms with E-state index in [9.17, 15) is 14.0 Å². The van der Waals surface area contributed by atoms with E-state index in [-0.39, 0.29) is 18.0 Å². The first kappa shape index (κ1) is 18.3. The van der Waals surface area contributed by atoms with Crippen LogP contribution in [0.25, 0.3) is 22.8 Å². The zero-order valence-corrected chi connectivity index (χ0v) is 15.1. The van der Waals surface area contributed by atoms with Gasteiger partial charge in [-0.25, -0.2) is 4.39 Å². The van der Waals surface area contributed by atoms with E-state index in [1.54, 1.807) is 12.1 Å². The average Bonchev–Trinajstić information content (AvgIpc) is 3.22. The van der Waals surface area contributed by atoms with Crippen molar-refractivity contribution >= 4 is 11.6 Å². The molecule has 4 aromatic rings. The zero-order valence-electron chi connectivity index (χ0n) is 15.1. The standard InChI is InChI=1S/C21H15FN4O3/c22-15-8-10-16(11-9-15)23-18(27)13-26-12-4-7-17(21(26)28)20-24-19(25-29-20)14-5-2-1-3-6-14/h1-12H,13H2,(H,23,27). The van der Waals surface area contributed by atoms with Crippen LogP contribution >= 0.6 is 0 Å². The average molecular weight is 390 g/mol. The summed E-state index contributed by atoms with van der Waals surface area (Å²) < 4.78 is 19.4. The molecule has 7 nitrogen and oxygen atoms in total. The van der Waals surface area contributed by atoms with Gasteiger partial charge in [-0.15, -0.1) is 0 Å². The Hall–Kier alpha value is -4.07. The summed E-state index contributed by atoms with van der Waals surface area (Å²) in [6.07, 6.45) is 1.49. The third kappa shape index (κ3) is 4.11. The molecule has 0 radical (unpaired) electrons. The van der Waals surface area contributed by atoms with Crippen molar-refractivity contribution in [2.45, 2.75) is 6.54 Å². The van der Waals surface area contributed by atoms with Crippen molar-refractivity contribution in [3.05, 3.63) is 89.1 Å². The molecule has 0 bridgehead atoms. The number of hydrogen-bond donors (Lipinski definition) is 1. The number of halogens is 1. The zero-order chi connectivity index (χ0) is 20.2. The number of benzene rings is 2. The summed E-state index contributed by atoms with van der Waals surface area (Å²) in [6.45, 7) is -0.219. The summed E-state index contributed by atoms with van der Waals surface area (Å²) in [5.41, 5.74) is 0.948. The molecule has 144 valence electrons. The summed E-state index contributed by atoms with van der Waals surface area (Å²) in [7, 11) is 0. The number of rotatable bonds is 5. The van der Waals surface area contributed by atoms with E-state index < -0.39 is 17.3 Å². The maximum Gasteiger partial charge on any atom is 0.263 e. The van der Waals surface area contributed by atoms with Crippen molar-refractivity contribution in [2.24, 2.45) is 0 Å². The lowest BCUT2D eigenvalue weighted by Crippen LogP contribution is -2.28. The summed E-state index contributed by atoms with van der Waals surface area (Å²) in [4.78, 5) is 29.3. The van der Waals surface area contributed by atoms with Gasteiger partial charge in [-0.05, 0) is 36.4 Å². The number of nitrogens with zero attached hydrogens (tertiary/aromatic N) is 3. The van der Waals surface area contributed by atoms with Crippen LogP contribution in [-0.2, 0) is 11.3 Å². The van der Waals surface area contributed by atoms with Gasteiger partial charge >= 0.3 is 0 Å². The lowest BCUT2D eigenvalue weighted by atomic mass is 10.2. The SMILES string of the molecule is O=C(Cn1cccc(-c2nc(-c3ccccc3)no2)c1=O)Nc1ccc(F)cc1. The quantitative estimate of drug-likeness (QED) is 0.564. The molecule has 0 unspecified atom stereocenters. The van der Waals surface area contributed by atoms with Crippen LogP contribution in [0.1, 0.15) is 0 Å². The molecule has 0 spiro atoms. The van der Waals surface area contributed by atoms with E-state index in [1.165, 1.54) is 35.0 Å². The van der Waals surface area contributed by atoms with Gasteiger partial charge in [0.2, 0.25) is 11.7 Å². The Morgan fingerprint density at radius 1 is 1.03 bits per heavy atom. The summed E-state index contributed by atoms with van der Waals surface area (Å²) in [5, 5.41) is 6.53. The van der Waals surface area contributed by atoms with Gasteiger partial charge in [-0.2, -0.15) is 4.98 Å². The minimum atomic E-state index is -0.440. The Morgan fingerprint density at radius 2 is 1.79 bits per heavy atom. The maximum absolute atomic E-state index is 13.0. The van der Waals surface area contributed by atoms with Gasteiger partial charge in [0.15, 0.2) is 0 Å². The number of anilines is 1. The maximum atomic E-state index is 13.0. The number of nitrogens with one attached hydrogen (secondary N) is 1. The predicted octanol–water partition coefficient (Wildman–Crippen LogP) is 3.34. The number of hydrogen-bond acceptors (Lipinski definition) is 5. The van der Waals surface area contributed by atoms with Crippen LogP contribution in [0.15, 0.2) is 82.2 Å². The van der Waals surface area contributed by atoms with Crippen molar-refractivity contribution in [1.29, 1.82) is 0 Å². The van der Waals surface area contributed by atoms with Gasteiger partial charge < -0.3 is 14.4 Å². The lowest BCUT2D eigenvalue weighted by molar-refractivity contribution is -0.116. The molecule has 0 aliphatic heterocycles. The minimum absolute atomic E-state index is 0.0714. The third-order valence-electron chi connectivity index (χ3n) is 4.15. The number of pyridine rings is 1. The van der Waals surface area contributed by atoms with Crippen molar-refractivity contribution in [2.75, 3.05) is 5.32 Å². The smallest absolute Gasteiger partial charge is 0.263 e. The first-order chi connectivity index (χ1) is 14.1. The fourth-order valence-electron chi connectivity index (χ4n) is 2.75. The molecular weight excluding hydrogens is 375 g/mol. The highest BCUT2D eigenvalue weighted by atomic mass is 19.1. The molecular formula is C21H15FN4O3. The van der Waals surface area contributed by atoms with Gasteiger partial charge in [-0.3, -0.25) is 9.59 Å². The van der Waals surface area contributed by atoms with Crippen LogP contribution in [0.2, 0.25) is 0 Å². The third-order valence-corrected chi connectivity index (χ3v) is 4.15. The molecule has 4 rings (SSSR count). The van der Waals surface area contributed by atoms with Crippen molar-refractivity contribution in [3.8, 4) is 22.8 Å². The van der Waals surface area contributed by atoms with Gasteiger partial charge in [0, 0.05) is 17.4 Å². The van der Waals surface area contributed by atoms with Crippen molar-refractivity contribution in [3.63, 3.8) is 0 Å². The van der Waals surface area contributed by atoms with Crippen LogP contribution < -0.4 is 10.9 Å². The predicted molar refractivity (Wildman–Crippen MR) is 104 cm³/mol. The van der Waals surface area contributed by atoms with E-state index >= 15 is 0 Å². The first-order valence-corrected chi connectivity index (χ1v) is 8.74. The van der Waals surface area contributed by atoms with Crippen LogP contribution in [0.3, 0.4) is 0 Å². The molecule has 0 aliphatic rings. The Balaban J connectivity index is 1.55. The van der Waals surface area contributed by atoms with Crippen LogP contribution in [0.4, 0.5) is 10.1 Å². The van der Waals surface area contributed by atoms with E-state index in [0.717, 1.165) is 5.56 Å². The Bertz CT molecular complexity index is 1200. The summed E-state index contributed by atoms with van der Waals surface area (Å²) in [6, 6.07) is 17.8. The van der Waals surface area contributed by atoms with Crippen LogP contribution in [0.5, 0.6) is 0 Å². The van der Waals surface area contributed by atoms with E-state index in [1.807, 2.05) is 30.3 Å². The monoisotopic (exact) mass is 390 g/mol. The summed E-state index contributed by atoms with van der Waals surface area (Å²) >= 11 is 0. The highest BCUT2D eigenvalue weighted by Crippen LogP contribution is 2.19. The van der Waals surface area contributed by atoms with Crippen molar-refractivity contribution < 1.29 is 13.7 Å². The lowest BCUT2D eigenvalue weighted by Gasteiger charge is -2.08. The van der Waals surface area contributed by atoms with Crippen LogP contribution in [-0.4, -0.2) is 20.6 Å². The van der Waals surface area contributed by atoms with Gasteiger partial charge in [0.25, 0.3) is 11.4 Å². The number of amides is 1. The second-order valence-electron chi connectivity index (χ2n) is 6.20. The first-order valence-electron chi connectivity index (χ1n) is 8.74. The number of carbonyl (C=O) groups excluding carboxylic acids is 1. The fourth-order valence-corrected chi connectivity index (χ4v) is 2.75. The highest BCUT2D eigenvalue weighted by Gasteiger charge is 2.16. The van der Waals surface area contributed by atoms with Gasteiger partial charge in [-0.1, -0.05) is 35.5 Å². The van der Waals surface area contributed by atoms with E-state index in [2.05, 4.69) is 15.5 Å². The molecule has 2 heterocycles. The molecule has 2 aromatic carbocycles. The second kappa shape index (κ2) is 7.89. The molecule has 0 fully saturated rings. The normalized spacial score (nSPS) is 10.7. The number of aromatic nitrogens is 3. The molecule has 8 heteroatoms. The van der Waals surface area contributed by atoms with Gasteiger partial charge in [0.1, 0.15) is 17.9 Å². The molecule has 0 aliphatic carbocycles. The van der Waals surface area contributed by atoms with E-state index in [0.29, 0.717) is 11.5 Å². The molecule has 0 saturated heterocycles. The molecule has 1 N–H and O–H groups in total. The second-order valence-corrected chi connectivity index (χ2v) is 6.20. The molecule has 29 heavy (non-hydrogen) atoms. The molecule has 0 saturated carbocycles. The largest absolute Gasteiger partial charge is 0.333 e. The summed E-state index contributed by atoms with van der Waals surface area (Å²) in [5.74, 6) is -0.390. The minimum Gasteiger partial charge on any atom is -0.333 e. The molecule has 2 aromatic heterocycles. The van der Waals surface area contributed by atoms with E-state index in [4.69, 9.17) is 4.52 Å². The topological polar surface area (TPSA) is 90.0 Å². The Kier molecular flexibility index (Phi) is 4.98. The molecule has 1 amide bonds. The molecule has 0 atom stereocenters. The highest BCUT2D eigenvalue weighted by molar-refractivity contribution is 5.90. The van der Waals surface area contributed by atoms with Crippen molar-refractivity contribution in [1.82, 2.24) is 14.7 Å². The Morgan fingerprint density at radius 3 is 2.55 bits per heavy atom. The van der Waals surface area contributed by atoms with Crippen LogP contribution in [0, 0.1) is 5.82 Å². The Labute approximate surface area is 164 Å².